The minimum Gasteiger partial charge on any atom is -0.497 e. The van der Waals surface area contributed by atoms with Crippen LogP contribution in [0.5, 0.6) is 5.75 Å². The van der Waals surface area contributed by atoms with Gasteiger partial charge in [0.2, 0.25) is 10.0 Å². The Bertz CT molecular complexity index is 1050. The third-order valence-electron chi connectivity index (χ3n) is 4.54. The summed E-state index contributed by atoms with van der Waals surface area (Å²) in [6, 6.07) is 10.2. The number of nitrogens with zero attached hydrogens (tertiary/aromatic N) is 1. The van der Waals surface area contributed by atoms with Crippen molar-refractivity contribution in [1.82, 2.24) is 0 Å². The maximum absolute atomic E-state index is 12.9. The number of benzene rings is 2. The fourth-order valence-electron chi connectivity index (χ4n) is 3.17. The molecule has 2 aromatic carbocycles. The van der Waals surface area contributed by atoms with Gasteiger partial charge in [-0.15, -0.1) is 0 Å². The van der Waals surface area contributed by atoms with Gasteiger partial charge in [0.05, 0.1) is 30.7 Å². The monoisotopic (exact) mass is 406 g/mol. The second-order valence-electron chi connectivity index (χ2n) is 6.39. The normalized spacial score (nSPS) is 18.8. The number of aliphatic carboxylic acids is 1. The summed E-state index contributed by atoms with van der Waals surface area (Å²) in [6.45, 7) is 0.00495. The highest BCUT2D eigenvalue weighted by atomic mass is 32.2. The third kappa shape index (κ3) is 3.44. The van der Waals surface area contributed by atoms with Gasteiger partial charge in [-0.2, -0.15) is 0 Å². The lowest BCUT2D eigenvalue weighted by atomic mass is 9.92. The first-order chi connectivity index (χ1) is 13.1. The van der Waals surface area contributed by atoms with Crippen molar-refractivity contribution in [2.45, 2.75) is 23.5 Å². The molecule has 9 nitrogen and oxygen atoms in total. The van der Waals surface area contributed by atoms with Crippen LogP contribution >= 0.6 is 0 Å². The molecule has 1 aliphatic heterocycles. The fourth-order valence-corrected chi connectivity index (χ4v) is 3.69. The number of sulfonamides is 1. The van der Waals surface area contributed by atoms with Gasteiger partial charge < -0.3 is 19.8 Å². The molecule has 2 aromatic rings. The van der Waals surface area contributed by atoms with E-state index in [-0.39, 0.29) is 17.0 Å². The molecule has 10 heteroatoms. The van der Waals surface area contributed by atoms with E-state index < -0.39 is 33.9 Å². The average Bonchev–Trinajstić information content (AvgIpc) is 2.82. The van der Waals surface area contributed by atoms with Crippen LogP contribution in [0.25, 0.3) is 0 Å². The highest BCUT2D eigenvalue weighted by Gasteiger charge is 2.51. The lowest BCUT2D eigenvalue weighted by molar-refractivity contribution is -0.150. The van der Waals surface area contributed by atoms with Gasteiger partial charge in [0.15, 0.2) is 5.60 Å². The number of methoxy groups -OCH3 is 1. The quantitative estimate of drug-likeness (QED) is 0.635. The number of amides is 1. The molecular formula is C18H18N2O7S. The zero-order valence-electron chi connectivity index (χ0n) is 14.8. The number of ether oxygens (including phenoxy) is 1. The van der Waals surface area contributed by atoms with Crippen LogP contribution in [0, 0.1) is 0 Å². The molecule has 28 heavy (non-hydrogen) atoms. The average molecular weight is 406 g/mol. The molecule has 1 atom stereocenters. The number of aliphatic hydroxyl groups is 1. The summed E-state index contributed by atoms with van der Waals surface area (Å²) >= 11 is 0. The molecule has 148 valence electrons. The predicted molar refractivity (Wildman–Crippen MR) is 98.1 cm³/mol. The number of hydrogen-bond acceptors (Lipinski definition) is 6. The number of nitrogens with two attached hydrogens (primary N) is 1. The minimum absolute atomic E-state index is 0.00495. The number of carbonyl (C=O) groups excluding carboxylic acids is 1. The summed E-state index contributed by atoms with van der Waals surface area (Å²) in [6.07, 6.45) is -0.799. The molecule has 4 N–H and O–H groups in total. The van der Waals surface area contributed by atoms with Gasteiger partial charge in [-0.25, -0.2) is 13.6 Å². The molecule has 1 amide bonds. The van der Waals surface area contributed by atoms with Gasteiger partial charge in [-0.3, -0.25) is 9.59 Å². The Morgan fingerprint density at radius 3 is 2.39 bits per heavy atom. The first kappa shape index (κ1) is 19.8. The summed E-state index contributed by atoms with van der Waals surface area (Å²) in [7, 11) is -2.43. The van der Waals surface area contributed by atoms with Crippen LogP contribution in [-0.2, 0) is 31.8 Å². The number of carboxylic acid groups (broad SMARTS) is 1. The number of carbonyl (C=O) groups is 2. The van der Waals surface area contributed by atoms with Crippen molar-refractivity contribution in [1.29, 1.82) is 0 Å². The van der Waals surface area contributed by atoms with E-state index in [9.17, 15) is 23.1 Å². The topological polar surface area (TPSA) is 147 Å². The van der Waals surface area contributed by atoms with Crippen molar-refractivity contribution in [2.75, 3.05) is 12.0 Å². The van der Waals surface area contributed by atoms with E-state index in [1.165, 1.54) is 42.3 Å². The Kier molecular flexibility index (Phi) is 4.88. The van der Waals surface area contributed by atoms with Crippen LogP contribution in [-0.4, -0.2) is 37.6 Å². The number of primary sulfonamides is 1. The molecule has 1 unspecified atom stereocenters. The maximum atomic E-state index is 12.9. The Hall–Kier alpha value is -2.95. The van der Waals surface area contributed by atoms with E-state index in [1.807, 2.05) is 0 Å². The summed E-state index contributed by atoms with van der Waals surface area (Å²) in [5, 5.41) is 25.1. The van der Waals surface area contributed by atoms with E-state index in [0.717, 1.165) is 0 Å². The number of anilines is 1. The smallest absolute Gasteiger partial charge is 0.307 e. The SMILES string of the molecule is COc1ccc2c(c1)C(O)(CC(=O)O)C(=O)N2Cc1ccc(S(N)(=O)=O)cc1. The van der Waals surface area contributed by atoms with Crippen LogP contribution in [0.3, 0.4) is 0 Å². The highest BCUT2D eigenvalue weighted by Crippen LogP contribution is 2.44. The van der Waals surface area contributed by atoms with Gasteiger partial charge in [-0.1, -0.05) is 12.1 Å². The van der Waals surface area contributed by atoms with Gasteiger partial charge in [0.25, 0.3) is 5.91 Å². The van der Waals surface area contributed by atoms with Crippen molar-refractivity contribution >= 4 is 27.6 Å². The molecule has 0 aromatic heterocycles. The first-order valence-corrected chi connectivity index (χ1v) is 9.67. The van der Waals surface area contributed by atoms with Crippen LogP contribution in [0.1, 0.15) is 17.5 Å². The molecule has 0 fully saturated rings. The van der Waals surface area contributed by atoms with E-state index in [2.05, 4.69) is 0 Å². The third-order valence-corrected chi connectivity index (χ3v) is 5.47. The first-order valence-electron chi connectivity index (χ1n) is 8.12. The Morgan fingerprint density at radius 1 is 1.21 bits per heavy atom. The molecular weight excluding hydrogens is 388 g/mol. The number of hydrogen-bond donors (Lipinski definition) is 3. The summed E-state index contributed by atoms with van der Waals surface area (Å²) in [5.74, 6) is -1.74. The molecule has 0 radical (unpaired) electrons. The Balaban J connectivity index is 2.00. The zero-order chi connectivity index (χ0) is 20.7. The van der Waals surface area contributed by atoms with Crippen LogP contribution < -0.4 is 14.8 Å². The molecule has 0 saturated heterocycles. The van der Waals surface area contributed by atoms with Gasteiger partial charge in [-0.05, 0) is 35.9 Å². The van der Waals surface area contributed by atoms with E-state index in [4.69, 9.17) is 15.0 Å². The number of fused-ring (bicyclic) bond motifs is 1. The molecule has 0 bridgehead atoms. The van der Waals surface area contributed by atoms with E-state index in [0.29, 0.717) is 17.0 Å². The van der Waals surface area contributed by atoms with Gasteiger partial charge >= 0.3 is 5.97 Å². The largest absolute Gasteiger partial charge is 0.497 e. The molecule has 0 aliphatic carbocycles. The lowest BCUT2D eigenvalue weighted by Crippen LogP contribution is -2.41. The van der Waals surface area contributed by atoms with Crippen LogP contribution in [0.4, 0.5) is 5.69 Å². The summed E-state index contributed by atoms with van der Waals surface area (Å²) in [4.78, 5) is 25.3. The molecule has 3 rings (SSSR count). The van der Waals surface area contributed by atoms with Crippen molar-refractivity contribution < 1.29 is 33.0 Å². The van der Waals surface area contributed by atoms with Crippen molar-refractivity contribution in [3.05, 3.63) is 53.6 Å². The fraction of sp³-hybridized carbons (Fsp3) is 0.222. The number of carboxylic acids is 1. The maximum Gasteiger partial charge on any atom is 0.307 e. The van der Waals surface area contributed by atoms with E-state index in [1.54, 1.807) is 12.1 Å². The standard InChI is InChI=1S/C18H18N2O7S/c1-27-12-4-7-15-14(8-12)18(24,9-16(21)22)17(23)20(15)10-11-2-5-13(6-3-11)28(19,25)26/h2-8,24H,9-10H2,1H3,(H,21,22)(H2,19,25,26). The van der Waals surface area contributed by atoms with Crippen LogP contribution in [0.15, 0.2) is 47.4 Å². The minimum atomic E-state index is -3.85. The molecule has 1 aliphatic rings. The van der Waals surface area contributed by atoms with Crippen molar-refractivity contribution in [3.8, 4) is 5.75 Å². The second kappa shape index (κ2) is 6.89. The summed E-state index contributed by atoms with van der Waals surface area (Å²) < 4.78 is 27.8. The summed E-state index contributed by atoms with van der Waals surface area (Å²) in [5.41, 5.74) is -1.16. The second-order valence-corrected chi connectivity index (χ2v) is 7.96. The van der Waals surface area contributed by atoms with Gasteiger partial charge in [0, 0.05) is 5.56 Å². The molecule has 1 heterocycles. The number of rotatable bonds is 6. The van der Waals surface area contributed by atoms with Crippen molar-refractivity contribution in [3.63, 3.8) is 0 Å². The van der Waals surface area contributed by atoms with E-state index >= 15 is 0 Å². The zero-order valence-corrected chi connectivity index (χ0v) is 15.6. The molecule has 0 saturated carbocycles. The molecule has 0 spiro atoms. The predicted octanol–water partition coefficient (Wildman–Crippen LogP) is 0.552. The van der Waals surface area contributed by atoms with Crippen LogP contribution in [0.2, 0.25) is 0 Å². The Morgan fingerprint density at radius 2 is 1.86 bits per heavy atom. The van der Waals surface area contributed by atoms with Crippen molar-refractivity contribution in [2.24, 2.45) is 5.14 Å². The van der Waals surface area contributed by atoms with Gasteiger partial charge in [0.1, 0.15) is 5.75 Å². The lowest BCUT2D eigenvalue weighted by Gasteiger charge is -2.21. The highest BCUT2D eigenvalue weighted by molar-refractivity contribution is 7.89. The Labute approximate surface area is 161 Å².